The van der Waals surface area contributed by atoms with Crippen molar-refractivity contribution in [3.8, 4) is 5.75 Å². The zero-order valence-corrected chi connectivity index (χ0v) is 18.7. The van der Waals surface area contributed by atoms with Gasteiger partial charge in [-0.05, 0) is 48.3 Å². The molecule has 1 aromatic rings. The van der Waals surface area contributed by atoms with Crippen LogP contribution in [-0.2, 0) is 9.59 Å². The van der Waals surface area contributed by atoms with Gasteiger partial charge in [-0.15, -0.1) is 0 Å². The van der Waals surface area contributed by atoms with E-state index in [1.807, 2.05) is 20.8 Å². The van der Waals surface area contributed by atoms with Crippen molar-refractivity contribution in [3.63, 3.8) is 0 Å². The molecule has 168 valence electrons. The maximum Gasteiger partial charge on any atom is 0.147 e. The van der Waals surface area contributed by atoms with Crippen molar-refractivity contribution < 1.29 is 19.8 Å². The number of rotatable bonds is 11. The summed E-state index contributed by atoms with van der Waals surface area (Å²) in [5.74, 6) is 0.224. The summed E-state index contributed by atoms with van der Waals surface area (Å²) in [4.78, 5) is 25.5. The fraction of sp³-hybridized carbons (Fsp3) is 0.680. The standard InChI is InChI=1S/C25H39NO4/c1-17(2)25(16-27,15-23(29)22(26)14-19-7-5-4-6-8-19)24(30)13-18(3)20-9-11-21(28)12-10-20/h9-12,16-19,22-23,28-29H,4-8,13-15,26H2,1-3H3/t18?,22-,23-,25+/m0/s1. The molecule has 1 aliphatic rings. The summed E-state index contributed by atoms with van der Waals surface area (Å²) < 4.78 is 0. The molecule has 0 saturated heterocycles. The molecule has 0 aromatic heterocycles. The Morgan fingerprint density at radius 2 is 1.77 bits per heavy atom. The molecule has 0 radical (unpaired) electrons. The molecule has 1 aliphatic carbocycles. The van der Waals surface area contributed by atoms with Gasteiger partial charge in [0.25, 0.3) is 0 Å². The van der Waals surface area contributed by atoms with Crippen LogP contribution in [0.3, 0.4) is 0 Å². The summed E-state index contributed by atoms with van der Waals surface area (Å²) in [6.45, 7) is 5.65. The fourth-order valence-electron chi connectivity index (χ4n) is 4.77. The van der Waals surface area contributed by atoms with Gasteiger partial charge in [0.05, 0.1) is 11.5 Å². The van der Waals surface area contributed by atoms with Gasteiger partial charge in [0.15, 0.2) is 0 Å². The molecule has 0 amide bonds. The highest BCUT2D eigenvalue weighted by Crippen LogP contribution is 2.37. The predicted octanol–water partition coefficient (Wildman–Crippen LogP) is 4.34. The number of Topliss-reactive ketones (excluding diaryl/α,β-unsaturated/α-hetero) is 1. The lowest BCUT2D eigenvalue weighted by atomic mass is 9.68. The van der Waals surface area contributed by atoms with Crippen molar-refractivity contribution >= 4 is 12.1 Å². The van der Waals surface area contributed by atoms with Crippen LogP contribution in [-0.4, -0.2) is 34.4 Å². The first kappa shape index (κ1) is 24.5. The van der Waals surface area contributed by atoms with Crippen LogP contribution in [0.25, 0.3) is 0 Å². The fourth-order valence-corrected chi connectivity index (χ4v) is 4.77. The summed E-state index contributed by atoms with van der Waals surface area (Å²) in [7, 11) is 0. The maximum atomic E-state index is 13.3. The number of hydrogen-bond acceptors (Lipinski definition) is 5. The van der Waals surface area contributed by atoms with Gasteiger partial charge in [-0.3, -0.25) is 4.79 Å². The molecule has 4 N–H and O–H groups in total. The van der Waals surface area contributed by atoms with Crippen LogP contribution in [0.15, 0.2) is 24.3 Å². The van der Waals surface area contributed by atoms with Crippen LogP contribution in [0.2, 0.25) is 0 Å². The average Bonchev–Trinajstić information content (AvgIpc) is 2.72. The Bertz CT molecular complexity index is 681. The first-order chi connectivity index (χ1) is 14.2. The molecule has 1 saturated carbocycles. The van der Waals surface area contributed by atoms with E-state index in [0.29, 0.717) is 5.92 Å². The van der Waals surface area contributed by atoms with Crippen molar-refractivity contribution in [1.82, 2.24) is 0 Å². The smallest absolute Gasteiger partial charge is 0.147 e. The number of benzene rings is 1. The maximum absolute atomic E-state index is 13.3. The number of carbonyl (C=O) groups excluding carboxylic acids is 2. The molecule has 0 aliphatic heterocycles. The predicted molar refractivity (Wildman–Crippen MR) is 119 cm³/mol. The highest BCUT2D eigenvalue weighted by Gasteiger charge is 2.44. The van der Waals surface area contributed by atoms with E-state index in [1.165, 1.54) is 19.3 Å². The molecule has 4 atom stereocenters. The second-order valence-electron chi connectivity index (χ2n) is 9.61. The molecule has 0 heterocycles. The van der Waals surface area contributed by atoms with Crippen molar-refractivity contribution in [2.75, 3.05) is 0 Å². The Balaban J connectivity index is 2.08. The third kappa shape index (κ3) is 6.14. The van der Waals surface area contributed by atoms with Gasteiger partial charge in [-0.2, -0.15) is 0 Å². The highest BCUT2D eigenvalue weighted by atomic mass is 16.3. The van der Waals surface area contributed by atoms with Crippen LogP contribution in [0, 0.1) is 17.3 Å². The molecule has 0 spiro atoms. The molecule has 30 heavy (non-hydrogen) atoms. The van der Waals surface area contributed by atoms with Gasteiger partial charge >= 0.3 is 0 Å². The Morgan fingerprint density at radius 1 is 1.17 bits per heavy atom. The summed E-state index contributed by atoms with van der Waals surface area (Å²) in [6, 6.07) is 6.35. The zero-order chi connectivity index (χ0) is 22.3. The van der Waals surface area contributed by atoms with E-state index in [1.54, 1.807) is 24.3 Å². The number of carbonyl (C=O) groups is 2. The normalized spacial score (nSPS) is 20.3. The van der Waals surface area contributed by atoms with Gasteiger partial charge in [0.2, 0.25) is 0 Å². The summed E-state index contributed by atoms with van der Waals surface area (Å²) in [6.07, 6.45) is 6.86. The van der Waals surface area contributed by atoms with Gasteiger partial charge in [0, 0.05) is 12.5 Å². The van der Waals surface area contributed by atoms with E-state index in [-0.39, 0.29) is 36.2 Å². The lowest BCUT2D eigenvalue weighted by Crippen LogP contribution is -2.46. The quantitative estimate of drug-likeness (QED) is 0.367. The van der Waals surface area contributed by atoms with Crippen LogP contribution in [0.4, 0.5) is 0 Å². The molecule has 1 fully saturated rings. The van der Waals surface area contributed by atoms with Gasteiger partial charge in [0.1, 0.15) is 17.8 Å². The number of aliphatic hydroxyl groups is 1. The third-order valence-electron chi connectivity index (χ3n) is 7.08. The SMILES string of the molecule is CC(CC(=O)[C@@](C=O)(C[C@H](O)[C@@H](N)CC1CCCCC1)C(C)C)c1ccc(O)cc1. The highest BCUT2D eigenvalue weighted by molar-refractivity contribution is 5.98. The minimum atomic E-state index is -1.24. The lowest BCUT2D eigenvalue weighted by molar-refractivity contribution is -0.140. The van der Waals surface area contributed by atoms with Crippen LogP contribution in [0.1, 0.15) is 83.6 Å². The second kappa shape index (κ2) is 11.1. The van der Waals surface area contributed by atoms with Crippen molar-refractivity contribution in [1.29, 1.82) is 0 Å². The van der Waals surface area contributed by atoms with Gasteiger partial charge in [-0.1, -0.05) is 65.0 Å². The number of nitrogens with two attached hydrogens (primary N) is 1. The Labute approximate surface area is 181 Å². The first-order valence-corrected chi connectivity index (χ1v) is 11.4. The molecule has 5 heteroatoms. The summed E-state index contributed by atoms with van der Waals surface area (Å²) >= 11 is 0. The Kier molecular flexibility index (Phi) is 9.05. The molecule has 1 unspecified atom stereocenters. The van der Waals surface area contributed by atoms with E-state index in [0.717, 1.165) is 31.1 Å². The number of aldehydes is 1. The molecular formula is C25H39NO4. The number of phenolic OH excluding ortho intramolecular Hbond substituents is 1. The van der Waals surface area contributed by atoms with Crippen LogP contribution < -0.4 is 5.73 Å². The van der Waals surface area contributed by atoms with Crippen LogP contribution in [0.5, 0.6) is 5.75 Å². The summed E-state index contributed by atoms with van der Waals surface area (Å²) in [5, 5.41) is 20.3. The average molecular weight is 418 g/mol. The van der Waals surface area contributed by atoms with Crippen molar-refractivity contribution in [3.05, 3.63) is 29.8 Å². The topological polar surface area (TPSA) is 101 Å². The van der Waals surface area contributed by atoms with Crippen molar-refractivity contribution in [2.45, 2.75) is 90.2 Å². The van der Waals surface area contributed by atoms with E-state index in [2.05, 4.69) is 0 Å². The Hall–Kier alpha value is -1.72. The minimum absolute atomic E-state index is 0.0726. The van der Waals surface area contributed by atoms with Crippen LogP contribution >= 0.6 is 0 Å². The van der Waals surface area contributed by atoms with Crippen molar-refractivity contribution in [2.24, 2.45) is 23.0 Å². The summed E-state index contributed by atoms with van der Waals surface area (Å²) in [5.41, 5.74) is 6.00. The number of phenols is 1. The molecule has 5 nitrogen and oxygen atoms in total. The third-order valence-corrected chi connectivity index (χ3v) is 7.08. The molecular weight excluding hydrogens is 378 g/mol. The number of ketones is 1. The largest absolute Gasteiger partial charge is 0.508 e. The number of aromatic hydroxyl groups is 1. The van der Waals surface area contributed by atoms with E-state index >= 15 is 0 Å². The zero-order valence-electron chi connectivity index (χ0n) is 18.7. The monoisotopic (exact) mass is 417 g/mol. The molecule has 0 bridgehead atoms. The van der Waals surface area contributed by atoms with E-state index in [9.17, 15) is 19.8 Å². The number of hydrogen-bond donors (Lipinski definition) is 3. The molecule has 1 aromatic carbocycles. The van der Waals surface area contributed by atoms with Gasteiger partial charge in [-0.25, -0.2) is 0 Å². The first-order valence-electron chi connectivity index (χ1n) is 11.4. The van der Waals surface area contributed by atoms with E-state index in [4.69, 9.17) is 5.73 Å². The number of aliphatic hydroxyl groups excluding tert-OH is 1. The molecule has 2 rings (SSSR count). The second-order valence-corrected chi connectivity index (χ2v) is 9.61. The van der Waals surface area contributed by atoms with E-state index < -0.39 is 17.6 Å². The van der Waals surface area contributed by atoms with Gasteiger partial charge < -0.3 is 20.7 Å². The minimum Gasteiger partial charge on any atom is -0.508 e. The lowest BCUT2D eigenvalue weighted by Gasteiger charge is -2.36. The Morgan fingerprint density at radius 3 is 2.30 bits per heavy atom.